The van der Waals surface area contributed by atoms with Gasteiger partial charge in [0, 0.05) is 0 Å². The van der Waals surface area contributed by atoms with Crippen molar-refractivity contribution in [1.82, 2.24) is 9.55 Å². The first kappa shape index (κ1) is 17.2. The van der Waals surface area contributed by atoms with Crippen LogP contribution in [0.15, 0.2) is 15.8 Å². The van der Waals surface area contributed by atoms with Gasteiger partial charge >= 0.3 is 5.69 Å². The van der Waals surface area contributed by atoms with Crippen LogP contribution < -0.4 is 11.2 Å². The fourth-order valence-corrected chi connectivity index (χ4v) is 2.79. The first-order valence-corrected chi connectivity index (χ1v) is 6.61. The quantitative estimate of drug-likeness (QED) is 0.596. The third kappa shape index (κ3) is 2.10. The van der Waals surface area contributed by atoms with Gasteiger partial charge in [0.25, 0.3) is 5.56 Å². The SMILES string of the molecule is CC(=O)[C@@]1(O)[C@@H](C)O[C@@H](n2cc(F)c(=O)[nH]c2=O)[C@@]1(O)C(C)=O. The Morgan fingerprint density at radius 3 is 2.26 bits per heavy atom. The maximum Gasteiger partial charge on any atom is 0.330 e. The van der Waals surface area contributed by atoms with E-state index < -0.39 is 52.2 Å². The Hall–Kier alpha value is -2.17. The van der Waals surface area contributed by atoms with Crippen molar-refractivity contribution >= 4 is 11.6 Å². The minimum atomic E-state index is -2.84. The highest BCUT2D eigenvalue weighted by Gasteiger charge is 2.70. The summed E-state index contributed by atoms with van der Waals surface area (Å²) in [6, 6.07) is 0. The summed E-state index contributed by atoms with van der Waals surface area (Å²) in [5.74, 6) is -3.41. The van der Waals surface area contributed by atoms with E-state index in [0.29, 0.717) is 10.8 Å². The largest absolute Gasteiger partial charge is 0.376 e. The van der Waals surface area contributed by atoms with Crippen molar-refractivity contribution in [2.75, 3.05) is 0 Å². The van der Waals surface area contributed by atoms with Crippen LogP contribution in [0, 0.1) is 5.82 Å². The van der Waals surface area contributed by atoms with Gasteiger partial charge in [0.15, 0.2) is 23.4 Å². The molecule has 1 saturated heterocycles. The zero-order valence-electron chi connectivity index (χ0n) is 12.5. The molecule has 2 heterocycles. The molecule has 0 amide bonds. The molecule has 0 radical (unpaired) electrons. The normalized spacial score (nSPS) is 33.7. The zero-order chi connectivity index (χ0) is 17.7. The molecule has 1 aromatic heterocycles. The predicted molar refractivity (Wildman–Crippen MR) is 72.1 cm³/mol. The standard InChI is InChI=1S/C13H15FN2O7/c1-5(17)12(21)7(3)23-10(13(12,22)6(2)18)16-4-8(14)9(19)15-11(16)20/h4,7,10,21-22H,1-3H3,(H,15,19,20)/t7-,10-,12-,13+/m1/s1. The molecule has 0 spiro atoms. The molecule has 0 aliphatic carbocycles. The number of Topliss-reactive ketones (excluding diaryl/α,β-unsaturated/α-hetero) is 2. The van der Waals surface area contributed by atoms with Crippen LogP contribution in [0.1, 0.15) is 27.0 Å². The third-order valence-corrected chi connectivity index (χ3v) is 4.11. The second-order valence-electron chi connectivity index (χ2n) is 5.42. The van der Waals surface area contributed by atoms with Crippen molar-refractivity contribution < 1.29 is 28.9 Å². The molecule has 23 heavy (non-hydrogen) atoms. The molecule has 1 aliphatic rings. The number of nitrogens with zero attached hydrogens (tertiary/aromatic N) is 1. The van der Waals surface area contributed by atoms with Gasteiger partial charge in [0.05, 0.1) is 12.3 Å². The number of ketones is 2. The zero-order valence-corrected chi connectivity index (χ0v) is 12.5. The average molecular weight is 330 g/mol. The molecule has 4 atom stereocenters. The van der Waals surface area contributed by atoms with Gasteiger partial charge < -0.3 is 14.9 Å². The van der Waals surface area contributed by atoms with E-state index in [1.165, 1.54) is 6.92 Å². The Labute approximate surface area is 128 Å². The van der Waals surface area contributed by atoms with Gasteiger partial charge in [-0.05, 0) is 20.8 Å². The summed E-state index contributed by atoms with van der Waals surface area (Å²) in [4.78, 5) is 48.3. The number of carbonyl (C=O) groups is 2. The number of H-pyrrole nitrogens is 1. The van der Waals surface area contributed by atoms with Crippen molar-refractivity contribution in [2.24, 2.45) is 0 Å². The number of hydrogen-bond donors (Lipinski definition) is 3. The molecular weight excluding hydrogens is 315 g/mol. The lowest BCUT2D eigenvalue weighted by molar-refractivity contribution is -0.180. The molecule has 126 valence electrons. The fourth-order valence-electron chi connectivity index (χ4n) is 2.79. The van der Waals surface area contributed by atoms with Crippen molar-refractivity contribution in [3.8, 4) is 0 Å². The number of carbonyl (C=O) groups excluding carboxylic acids is 2. The molecular formula is C13H15FN2O7. The summed E-state index contributed by atoms with van der Waals surface area (Å²) in [6.07, 6.45) is -2.85. The maximum atomic E-state index is 13.5. The molecule has 0 saturated carbocycles. The number of hydrogen-bond acceptors (Lipinski definition) is 7. The summed E-state index contributed by atoms with van der Waals surface area (Å²) in [5, 5.41) is 21.3. The Kier molecular flexibility index (Phi) is 3.87. The van der Waals surface area contributed by atoms with E-state index >= 15 is 0 Å². The Morgan fingerprint density at radius 2 is 1.78 bits per heavy atom. The van der Waals surface area contributed by atoms with Crippen LogP contribution in [-0.2, 0) is 14.3 Å². The summed E-state index contributed by atoms with van der Waals surface area (Å²) in [5.41, 5.74) is -7.96. The lowest BCUT2D eigenvalue weighted by atomic mass is 9.75. The van der Waals surface area contributed by atoms with Crippen molar-refractivity contribution in [3.05, 3.63) is 32.9 Å². The number of halogens is 1. The van der Waals surface area contributed by atoms with Crippen LogP contribution in [0.25, 0.3) is 0 Å². The second kappa shape index (κ2) is 5.18. The minimum Gasteiger partial charge on any atom is -0.376 e. The van der Waals surface area contributed by atoms with Crippen molar-refractivity contribution in [3.63, 3.8) is 0 Å². The van der Waals surface area contributed by atoms with Crippen LogP contribution in [0.4, 0.5) is 4.39 Å². The first-order valence-electron chi connectivity index (χ1n) is 6.61. The van der Waals surface area contributed by atoms with Crippen molar-refractivity contribution in [2.45, 2.75) is 44.3 Å². The van der Waals surface area contributed by atoms with Crippen LogP contribution in [0.2, 0.25) is 0 Å². The molecule has 2 rings (SSSR count). The topological polar surface area (TPSA) is 139 Å². The van der Waals surface area contributed by atoms with E-state index in [4.69, 9.17) is 4.74 Å². The number of aliphatic hydroxyl groups is 2. The second-order valence-corrected chi connectivity index (χ2v) is 5.42. The predicted octanol–water partition coefficient (Wildman–Crippen LogP) is -1.77. The molecule has 1 fully saturated rings. The number of nitrogens with one attached hydrogen (secondary N) is 1. The molecule has 3 N–H and O–H groups in total. The van der Waals surface area contributed by atoms with Crippen LogP contribution >= 0.6 is 0 Å². The maximum absolute atomic E-state index is 13.5. The number of aromatic amines is 1. The third-order valence-electron chi connectivity index (χ3n) is 4.11. The summed E-state index contributed by atoms with van der Waals surface area (Å²) < 4.78 is 19.1. The molecule has 0 bridgehead atoms. The van der Waals surface area contributed by atoms with Gasteiger partial charge in [-0.1, -0.05) is 0 Å². The smallest absolute Gasteiger partial charge is 0.330 e. The molecule has 1 aliphatic heterocycles. The number of aromatic nitrogens is 2. The van der Waals surface area contributed by atoms with E-state index in [1.807, 2.05) is 0 Å². The molecule has 9 nitrogen and oxygen atoms in total. The lowest BCUT2D eigenvalue weighted by Gasteiger charge is -2.36. The van der Waals surface area contributed by atoms with E-state index in [9.17, 15) is 33.8 Å². The van der Waals surface area contributed by atoms with Gasteiger partial charge in [-0.25, -0.2) is 4.79 Å². The van der Waals surface area contributed by atoms with Gasteiger partial charge in [0.2, 0.25) is 11.4 Å². The van der Waals surface area contributed by atoms with Gasteiger partial charge in [0.1, 0.15) is 0 Å². The molecule has 10 heteroatoms. The summed E-state index contributed by atoms with van der Waals surface area (Å²) in [7, 11) is 0. The van der Waals surface area contributed by atoms with Crippen LogP contribution in [-0.4, -0.2) is 48.6 Å². The molecule has 1 aromatic rings. The molecule has 0 aromatic carbocycles. The first-order chi connectivity index (χ1) is 10.5. The number of rotatable bonds is 3. The van der Waals surface area contributed by atoms with Crippen LogP contribution in [0.3, 0.4) is 0 Å². The van der Waals surface area contributed by atoms with E-state index in [-0.39, 0.29) is 0 Å². The van der Waals surface area contributed by atoms with E-state index in [1.54, 1.807) is 4.98 Å². The van der Waals surface area contributed by atoms with Gasteiger partial charge in [-0.15, -0.1) is 0 Å². The highest BCUT2D eigenvalue weighted by molar-refractivity contribution is 5.98. The number of ether oxygens (including phenoxy) is 1. The average Bonchev–Trinajstić information content (AvgIpc) is 2.66. The van der Waals surface area contributed by atoms with Crippen molar-refractivity contribution in [1.29, 1.82) is 0 Å². The Morgan fingerprint density at radius 1 is 1.26 bits per heavy atom. The Bertz CT molecular complexity index is 800. The highest BCUT2D eigenvalue weighted by atomic mass is 19.1. The van der Waals surface area contributed by atoms with Gasteiger partial charge in [-0.3, -0.25) is 23.9 Å². The summed E-state index contributed by atoms with van der Waals surface area (Å²) in [6.45, 7) is 3.03. The molecule has 0 unspecified atom stereocenters. The van der Waals surface area contributed by atoms with Gasteiger partial charge in [-0.2, -0.15) is 4.39 Å². The lowest BCUT2D eigenvalue weighted by Crippen LogP contribution is -2.65. The van der Waals surface area contributed by atoms with E-state index in [2.05, 4.69) is 0 Å². The van der Waals surface area contributed by atoms with Crippen LogP contribution in [0.5, 0.6) is 0 Å². The Balaban J connectivity index is 2.76. The minimum absolute atomic E-state index is 0.412. The highest BCUT2D eigenvalue weighted by Crippen LogP contribution is 2.46. The monoisotopic (exact) mass is 330 g/mol. The van der Waals surface area contributed by atoms with E-state index in [0.717, 1.165) is 13.8 Å². The summed E-state index contributed by atoms with van der Waals surface area (Å²) >= 11 is 0. The fraction of sp³-hybridized carbons (Fsp3) is 0.538.